The number of pyridine rings is 1. The molecule has 0 atom stereocenters. The van der Waals surface area contributed by atoms with Crippen molar-refractivity contribution < 1.29 is 14.7 Å². The third kappa shape index (κ3) is 3.20. The summed E-state index contributed by atoms with van der Waals surface area (Å²) in [7, 11) is 0. The molecule has 0 unspecified atom stereocenters. The average Bonchev–Trinajstić information content (AvgIpc) is 2.90. The first-order valence-corrected chi connectivity index (χ1v) is 7.65. The molecule has 0 spiro atoms. The number of aromatic nitrogens is 2. The Kier molecular flexibility index (Phi) is 4.42. The molecular formula is C16H11Cl2N3O3. The number of carboxylic acid groups (broad SMARTS) is 1. The molecule has 6 nitrogen and oxygen atoms in total. The molecule has 0 bridgehead atoms. The van der Waals surface area contributed by atoms with Crippen LogP contribution in [0.3, 0.4) is 0 Å². The molecule has 0 radical (unpaired) electrons. The van der Waals surface area contributed by atoms with Gasteiger partial charge >= 0.3 is 5.97 Å². The van der Waals surface area contributed by atoms with E-state index in [1.165, 1.54) is 12.3 Å². The maximum absolute atomic E-state index is 12.3. The van der Waals surface area contributed by atoms with E-state index in [0.29, 0.717) is 22.2 Å². The van der Waals surface area contributed by atoms with Crippen LogP contribution in [0.5, 0.6) is 0 Å². The van der Waals surface area contributed by atoms with Gasteiger partial charge in [-0.15, -0.1) is 0 Å². The van der Waals surface area contributed by atoms with Crippen LogP contribution in [0, 0.1) is 0 Å². The third-order valence-electron chi connectivity index (χ3n) is 3.44. The predicted molar refractivity (Wildman–Crippen MR) is 91.8 cm³/mol. The van der Waals surface area contributed by atoms with Gasteiger partial charge in [0.1, 0.15) is 10.8 Å². The largest absolute Gasteiger partial charge is 0.477 e. The Morgan fingerprint density at radius 1 is 1.25 bits per heavy atom. The zero-order valence-electron chi connectivity index (χ0n) is 12.1. The van der Waals surface area contributed by atoms with Crippen LogP contribution in [-0.2, 0) is 11.2 Å². The molecule has 0 fully saturated rings. The minimum atomic E-state index is -1.12. The zero-order chi connectivity index (χ0) is 17.3. The summed E-state index contributed by atoms with van der Waals surface area (Å²) >= 11 is 11.6. The summed E-state index contributed by atoms with van der Waals surface area (Å²) in [6, 6.07) is 8.57. The summed E-state index contributed by atoms with van der Waals surface area (Å²) in [5.41, 5.74) is 1.46. The van der Waals surface area contributed by atoms with E-state index in [4.69, 9.17) is 23.2 Å². The molecule has 3 aromatic rings. The van der Waals surface area contributed by atoms with E-state index in [1.807, 2.05) is 0 Å². The lowest BCUT2D eigenvalue weighted by Crippen LogP contribution is -2.16. The summed E-state index contributed by atoms with van der Waals surface area (Å²) in [6.07, 6.45) is 1.27. The van der Waals surface area contributed by atoms with Crippen molar-refractivity contribution in [2.45, 2.75) is 6.42 Å². The number of anilines is 1. The number of H-pyrrole nitrogens is 1. The first-order valence-electron chi connectivity index (χ1n) is 6.89. The fourth-order valence-corrected chi connectivity index (χ4v) is 2.69. The van der Waals surface area contributed by atoms with Crippen LogP contribution in [0.4, 0.5) is 5.69 Å². The molecule has 2 heterocycles. The summed E-state index contributed by atoms with van der Waals surface area (Å²) in [4.78, 5) is 30.3. The van der Waals surface area contributed by atoms with Gasteiger partial charge in [-0.3, -0.25) is 4.79 Å². The summed E-state index contributed by atoms with van der Waals surface area (Å²) in [6.45, 7) is 0. The van der Waals surface area contributed by atoms with Crippen molar-refractivity contribution in [1.82, 2.24) is 9.97 Å². The lowest BCUT2D eigenvalue weighted by Gasteiger charge is -2.06. The number of amides is 1. The van der Waals surface area contributed by atoms with Gasteiger partial charge in [-0.05, 0) is 12.1 Å². The minimum Gasteiger partial charge on any atom is -0.477 e. The molecular weight excluding hydrogens is 353 g/mol. The second kappa shape index (κ2) is 6.51. The van der Waals surface area contributed by atoms with E-state index in [1.54, 1.807) is 24.3 Å². The molecule has 122 valence electrons. The second-order valence-electron chi connectivity index (χ2n) is 5.05. The normalized spacial score (nSPS) is 10.8. The Morgan fingerprint density at radius 2 is 2.00 bits per heavy atom. The number of carbonyl (C=O) groups excluding carboxylic acids is 1. The Balaban J connectivity index is 1.88. The number of fused-ring (bicyclic) bond motifs is 1. The number of hydrogen-bond acceptors (Lipinski definition) is 3. The second-order valence-corrected chi connectivity index (χ2v) is 5.82. The van der Waals surface area contributed by atoms with Gasteiger partial charge in [-0.25, -0.2) is 9.78 Å². The van der Waals surface area contributed by atoms with Crippen molar-refractivity contribution in [3.8, 4) is 0 Å². The monoisotopic (exact) mass is 363 g/mol. The molecule has 0 saturated heterocycles. The van der Waals surface area contributed by atoms with Crippen molar-refractivity contribution in [3.63, 3.8) is 0 Å². The molecule has 8 heteroatoms. The van der Waals surface area contributed by atoms with Gasteiger partial charge in [-0.2, -0.15) is 0 Å². The summed E-state index contributed by atoms with van der Waals surface area (Å²) in [5, 5.41) is 13.0. The smallest absolute Gasteiger partial charge is 0.352 e. The van der Waals surface area contributed by atoms with E-state index in [-0.39, 0.29) is 28.2 Å². The van der Waals surface area contributed by atoms with Crippen molar-refractivity contribution in [3.05, 3.63) is 58.0 Å². The van der Waals surface area contributed by atoms with Crippen molar-refractivity contribution >= 4 is 51.7 Å². The highest BCUT2D eigenvalue weighted by molar-refractivity contribution is 6.41. The van der Waals surface area contributed by atoms with Gasteiger partial charge in [0, 0.05) is 16.5 Å². The molecule has 0 saturated carbocycles. The molecule has 3 N–H and O–H groups in total. The van der Waals surface area contributed by atoms with Crippen molar-refractivity contribution in [2.75, 3.05) is 5.32 Å². The van der Waals surface area contributed by atoms with Gasteiger partial charge in [0.25, 0.3) is 0 Å². The number of aromatic amines is 1. The fourth-order valence-electron chi connectivity index (χ4n) is 2.42. The molecule has 1 aromatic carbocycles. The number of nitrogens with one attached hydrogen (secondary N) is 2. The van der Waals surface area contributed by atoms with E-state index in [0.717, 1.165) is 0 Å². The van der Waals surface area contributed by atoms with Gasteiger partial charge in [0.2, 0.25) is 5.91 Å². The molecule has 0 aliphatic rings. The molecule has 1 amide bonds. The highest BCUT2D eigenvalue weighted by Gasteiger charge is 2.19. The van der Waals surface area contributed by atoms with Crippen LogP contribution in [0.2, 0.25) is 10.2 Å². The number of halogens is 2. The Labute approximate surface area is 146 Å². The van der Waals surface area contributed by atoms with E-state index in [2.05, 4.69) is 15.3 Å². The van der Waals surface area contributed by atoms with Crippen molar-refractivity contribution in [2.24, 2.45) is 0 Å². The van der Waals surface area contributed by atoms with Crippen LogP contribution in [0.1, 0.15) is 16.1 Å². The number of rotatable bonds is 4. The fraction of sp³-hybridized carbons (Fsp3) is 0.0625. The quantitative estimate of drug-likeness (QED) is 0.615. The SMILES string of the molecule is O=C(Cc1c(C(=O)O)[nH]c2ccccc12)Nc1cnc(Cl)c(Cl)c1. The first-order chi connectivity index (χ1) is 11.5. The first kappa shape index (κ1) is 16.3. The van der Waals surface area contributed by atoms with E-state index < -0.39 is 5.97 Å². The highest BCUT2D eigenvalue weighted by atomic mass is 35.5. The minimum absolute atomic E-state index is 0.00128. The van der Waals surface area contributed by atoms with E-state index >= 15 is 0 Å². The van der Waals surface area contributed by atoms with Crippen LogP contribution < -0.4 is 5.32 Å². The number of carbonyl (C=O) groups is 2. The summed E-state index contributed by atoms with van der Waals surface area (Å²) < 4.78 is 0. The van der Waals surface area contributed by atoms with Crippen LogP contribution in [-0.4, -0.2) is 27.0 Å². The highest BCUT2D eigenvalue weighted by Crippen LogP contribution is 2.25. The van der Waals surface area contributed by atoms with Crippen LogP contribution >= 0.6 is 23.2 Å². The van der Waals surface area contributed by atoms with Gasteiger partial charge in [0.05, 0.1) is 23.3 Å². The maximum atomic E-state index is 12.3. The molecule has 2 aromatic heterocycles. The Hall–Kier alpha value is -2.57. The maximum Gasteiger partial charge on any atom is 0.352 e. The number of carboxylic acids is 1. The predicted octanol–water partition coefficient (Wildman–Crippen LogP) is 3.75. The standard InChI is InChI=1S/C16H11Cl2N3O3/c17-11-5-8(7-19-15(11)18)20-13(22)6-10-9-3-1-2-4-12(9)21-14(10)16(23)24/h1-5,7,21H,6H2,(H,20,22)(H,23,24). The summed E-state index contributed by atoms with van der Waals surface area (Å²) in [5.74, 6) is -1.51. The van der Waals surface area contributed by atoms with Gasteiger partial charge < -0.3 is 15.4 Å². The lowest BCUT2D eigenvalue weighted by atomic mass is 10.1. The zero-order valence-corrected chi connectivity index (χ0v) is 13.6. The van der Waals surface area contributed by atoms with Gasteiger partial charge in [-0.1, -0.05) is 41.4 Å². The molecule has 0 aliphatic heterocycles. The Bertz CT molecular complexity index is 953. The molecule has 24 heavy (non-hydrogen) atoms. The number of para-hydroxylation sites is 1. The number of nitrogens with zero attached hydrogens (tertiary/aromatic N) is 1. The number of benzene rings is 1. The third-order valence-corrected chi connectivity index (χ3v) is 4.13. The molecule has 0 aliphatic carbocycles. The van der Waals surface area contributed by atoms with Crippen molar-refractivity contribution in [1.29, 1.82) is 0 Å². The van der Waals surface area contributed by atoms with E-state index in [9.17, 15) is 14.7 Å². The topological polar surface area (TPSA) is 95.1 Å². The average molecular weight is 364 g/mol. The Morgan fingerprint density at radius 3 is 2.71 bits per heavy atom. The number of hydrogen-bond donors (Lipinski definition) is 3. The lowest BCUT2D eigenvalue weighted by molar-refractivity contribution is -0.115. The van der Waals surface area contributed by atoms with Crippen LogP contribution in [0.15, 0.2) is 36.5 Å². The molecule has 3 rings (SSSR count). The van der Waals surface area contributed by atoms with Gasteiger partial charge in [0.15, 0.2) is 0 Å². The van der Waals surface area contributed by atoms with Crippen LogP contribution in [0.25, 0.3) is 10.9 Å². The number of aromatic carboxylic acids is 1.